The highest BCUT2D eigenvalue weighted by atomic mass is 35.5. The number of ether oxygens (including phenoxy) is 1. The Bertz CT molecular complexity index is 980. The molecular weight excluding hydrogens is 393 g/mol. The van der Waals surface area contributed by atoms with Crippen molar-refractivity contribution in [1.29, 1.82) is 0 Å². The number of hydrogen-bond donors (Lipinski definition) is 1. The van der Waals surface area contributed by atoms with Gasteiger partial charge in [-0.3, -0.25) is 4.79 Å². The summed E-state index contributed by atoms with van der Waals surface area (Å²) in [4.78, 5) is 24.8. The average molecular weight is 408 g/mol. The predicted octanol–water partition coefficient (Wildman–Crippen LogP) is 6.03. The van der Waals surface area contributed by atoms with Gasteiger partial charge in [0.05, 0.1) is 16.7 Å². The SMILES string of the molecule is CC(C)OC(=O)c1ccc(NC(=O)c2sc3cc(Cl)ccc3c2Cl)cc1. The largest absolute Gasteiger partial charge is 0.459 e. The van der Waals surface area contributed by atoms with Gasteiger partial charge in [0.25, 0.3) is 5.91 Å². The van der Waals surface area contributed by atoms with Crippen LogP contribution in [0.5, 0.6) is 0 Å². The second-order valence-electron chi connectivity index (χ2n) is 5.87. The summed E-state index contributed by atoms with van der Waals surface area (Å²) >= 11 is 13.6. The molecule has 0 aliphatic rings. The molecular formula is C19H15Cl2NO3S. The molecule has 0 spiro atoms. The van der Waals surface area contributed by atoms with Crippen LogP contribution in [-0.2, 0) is 4.74 Å². The van der Waals surface area contributed by atoms with Gasteiger partial charge >= 0.3 is 5.97 Å². The fourth-order valence-corrected chi connectivity index (χ4v) is 4.03. The molecule has 4 nitrogen and oxygen atoms in total. The van der Waals surface area contributed by atoms with Crippen LogP contribution in [0, 0.1) is 0 Å². The number of anilines is 1. The molecule has 1 amide bonds. The maximum absolute atomic E-state index is 12.5. The summed E-state index contributed by atoms with van der Waals surface area (Å²) in [6.45, 7) is 3.57. The Kier molecular flexibility index (Phi) is 5.51. The Balaban J connectivity index is 1.78. The zero-order chi connectivity index (χ0) is 18.8. The number of thiophene rings is 1. The lowest BCUT2D eigenvalue weighted by molar-refractivity contribution is 0.0378. The second kappa shape index (κ2) is 7.66. The third-order valence-electron chi connectivity index (χ3n) is 3.52. The van der Waals surface area contributed by atoms with Gasteiger partial charge in [-0.15, -0.1) is 11.3 Å². The molecule has 0 aliphatic heterocycles. The molecule has 1 heterocycles. The lowest BCUT2D eigenvalue weighted by atomic mass is 10.2. The number of esters is 1. The van der Waals surface area contributed by atoms with Gasteiger partial charge in [-0.25, -0.2) is 4.79 Å². The van der Waals surface area contributed by atoms with E-state index in [1.807, 2.05) is 0 Å². The molecule has 0 bridgehead atoms. The van der Waals surface area contributed by atoms with Crippen LogP contribution >= 0.6 is 34.5 Å². The number of halogens is 2. The maximum Gasteiger partial charge on any atom is 0.338 e. The number of fused-ring (bicyclic) bond motifs is 1. The van der Waals surface area contributed by atoms with E-state index in [4.69, 9.17) is 27.9 Å². The van der Waals surface area contributed by atoms with Gasteiger partial charge in [0.15, 0.2) is 0 Å². The number of benzene rings is 2. The molecule has 0 fully saturated rings. The summed E-state index contributed by atoms with van der Waals surface area (Å²) in [5.41, 5.74) is 0.980. The van der Waals surface area contributed by atoms with Crippen LogP contribution in [0.15, 0.2) is 42.5 Å². The third-order valence-corrected chi connectivity index (χ3v) is 5.41. The molecule has 0 saturated heterocycles. The predicted molar refractivity (Wildman–Crippen MR) is 107 cm³/mol. The van der Waals surface area contributed by atoms with Gasteiger partial charge in [0.1, 0.15) is 4.88 Å². The Hall–Kier alpha value is -2.08. The van der Waals surface area contributed by atoms with E-state index in [0.29, 0.717) is 26.2 Å². The fraction of sp³-hybridized carbons (Fsp3) is 0.158. The molecule has 26 heavy (non-hydrogen) atoms. The van der Waals surface area contributed by atoms with E-state index in [9.17, 15) is 9.59 Å². The van der Waals surface area contributed by atoms with Crippen LogP contribution in [0.1, 0.15) is 33.9 Å². The molecule has 0 aliphatic carbocycles. The topological polar surface area (TPSA) is 55.4 Å². The Labute approximate surface area is 164 Å². The monoisotopic (exact) mass is 407 g/mol. The maximum atomic E-state index is 12.5. The minimum absolute atomic E-state index is 0.189. The van der Waals surface area contributed by atoms with Gasteiger partial charge in [0.2, 0.25) is 0 Å². The Morgan fingerprint density at radius 1 is 1.08 bits per heavy atom. The highest BCUT2D eigenvalue weighted by Crippen LogP contribution is 2.37. The second-order valence-corrected chi connectivity index (χ2v) is 7.74. The van der Waals surface area contributed by atoms with Crippen molar-refractivity contribution in [3.63, 3.8) is 0 Å². The zero-order valence-electron chi connectivity index (χ0n) is 14.0. The van der Waals surface area contributed by atoms with E-state index < -0.39 is 5.97 Å². The third kappa shape index (κ3) is 4.01. The lowest BCUT2D eigenvalue weighted by Gasteiger charge is -2.09. The smallest absolute Gasteiger partial charge is 0.338 e. The standard InChI is InChI=1S/C19H15Cl2NO3S/c1-10(2)25-19(24)11-3-6-13(7-4-11)22-18(23)17-16(21)14-8-5-12(20)9-15(14)26-17/h3-10H,1-2H3,(H,22,23). The number of rotatable bonds is 4. The summed E-state index contributed by atoms with van der Waals surface area (Å²) in [6.07, 6.45) is -0.189. The summed E-state index contributed by atoms with van der Waals surface area (Å²) < 4.78 is 5.98. The summed E-state index contributed by atoms with van der Waals surface area (Å²) in [5.74, 6) is -0.716. The van der Waals surface area contributed by atoms with Crippen LogP contribution in [0.3, 0.4) is 0 Å². The molecule has 1 N–H and O–H groups in total. The minimum atomic E-state index is -0.401. The lowest BCUT2D eigenvalue weighted by Crippen LogP contribution is -2.13. The van der Waals surface area contributed by atoms with Gasteiger partial charge in [-0.2, -0.15) is 0 Å². The van der Waals surface area contributed by atoms with Crippen LogP contribution < -0.4 is 5.32 Å². The van der Waals surface area contributed by atoms with Gasteiger partial charge in [0, 0.05) is 20.8 Å². The van der Waals surface area contributed by atoms with Crippen LogP contribution in [0.2, 0.25) is 10.0 Å². The van der Waals surface area contributed by atoms with Crippen molar-refractivity contribution in [3.8, 4) is 0 Å². The molecule has 0 atom stereocenters. The zero-order valence-corrected chi connectivity index (χ0v) is 16.3. The number of carbonyl (C=O) groups is 2. The molecule has 0 unspecified atom stereocenters. The molecule has 3 rings (SSSR count). The van der Waals surface area contributed by atoms with E-state index in [0.717, 1.165) is 10.1 Å². The van der Waals surface area contributed by atoms with E-state index >= 15 is 0 Å². The minimum Gasteiger partial charge on any atom is -0.459 e. The first kappa shape index (κ1) is 18.7. The van der Waals surface area contributed by atoms with Crippen molar-refractivity contribution < 1.29 is 14.3 Å². The van der Waals surface area contributed by atoms with Crippen molar-refractivity contribution in [2.75, 3.05) is 5.32 Å². The molecule has 0 radical (unpaired) electrons. The molecule has 7 heteroatoms. The van der Waals surface area contributed by atoms with Crippen LogP contribution in [-0.4, -0.2) is 18.0 Å². The number of amides is 1. The van der Waals surface area contributed by atoms with Crippen molar-refractivity contribution in [1.82, 2.24) is 0 Å². The fourth-order valence-electron chi connectivity index (χ4n) is 2.34. The van der Waals surface area contributed by atoms with Crippen LogP contribution in [0.4, 0.5) is 5.69 Å². The highest BCUT2D eigenvalue weighted by molar-refractivity contribution is 7.21. The van der Waals surface area contributed by atoms with Gasteiger partial charge in [-0.1, -0.05) is 29.3 Å². The first-order chi connectivity index (χ1) is 12.3. The van der Waals surface area contributed by atoms with Gasteiger partial charge in [-0.05, 0) is 50.2 Å². The van der Waals surface area contributed by atoms with Crippen molar-refractivity contribution in [2.24, 2.45) is 0 Å². The highest BCUT2D eigenvalue weighted by Gasteiger charge is 2.18. The first-order valence-electron chi connectivity index (χ1n) is 7.85. The molecule has 0 saturated carbocycles. The summed E-state index contributed by atoms with van der Waals surface area (Å²) in [6, 6.07) is 11.8. The number of hydrogen-bond acceptors (Lipinski definition) is 4. The molecule has 134 valence electrons. The average Bonchev–Trinajstić information content (AvgIpc) is 2.91. The van der Waals surface area contributed by atoms with Crippen molar-refractivity contribution in [3.05, 3.63) is 63.0 Å². The van der Waals surface area contributed by atoms with E-state index in [2.05, 4.69) is 5.32 Å². The van der Waals surface area contributed by atoms with Crippen molar-refractivity contribution in [2.45, 2.75) is 20.0 Å². The summed E-state index contributed by atoms with van der Waals surface area (Å²) in [5, 5.41) is 4.56. The molecule has 3 aromatic rings. The van der Waals surface area contributed by atoms with E-state index in [1.54, 1.807) is 56.3 Å². The van der Waals surface area contributed by atoms with Crippen molar-refractivity contribution >= 4 is 62.2 Å². The number of nitrogens with one attached hydrogen (secondary N) is 1. The molecule has 2 aromatic carbocycles. The van der Waals surface area contributed by atoms with Gasteiger partial charge < -0.3 is 10.1 Å². The van der Waals surface area contributed by atoms with E-state index in [-0.39, 0.29) is 12.0 Å². The molecule has 1 aromatic heterocycles. The Morgan fingerprint density at radius 2 is 1.77 bits per heavy atom. The normalized spacial score (nSPS) is 11.0. The quantitative estimate of drug-likeness (QED) is 0.537. The Morgan fingerprint density at radius 3 is 2.42 bits per heavy atom. The van der Waals surface area contributed by atoms with E-state index in [1.165, 1.54) is 11.3 Å². The number of carbonyl (C=O) groups excluding carboxylic acids is 2. The summed E-state index contributed by atoms with van der Waals surface area (Å²) in [7, 11) is 0. The first-order valence-corrected chi connectivity index (χ1v) is 9.42. The van der Waals surface area contributed by atoms with Crippen LogP contribution in [0.25, 0.3) is 10.1 Å².